The number of aromatic nitrogens is 2. The van der Waals surface area contributed by atoms with E-state index in [1.54, 1.807) is 18.2 Å². The number of halogens is 1. The number of hydrogen-bond donors (Lipinski definition) is 2. The first-order chi connectivity index (χ1) is 11.0. The predicted octanol–water partition coefficient (Wildman–Crippen LogP) is 3.54. The van der Waals surface area contributed by atoms with Crippen LogP contribution in [0.4, 0.5) is 17.5 Å². The highest BCUT2D eigenvalue weighted by molar-refractivity contribution is 6.33. The Hall–Kier alpha value is -2.34. The fraction of sp³-hybridized carbons (Fsp3) is 0.312. The van der Waals surface area contributed by atoms with Crippen molar-refractivity contribution >= 4 is 35.0 Å². The third-order valence-corrected chi connectivity index (χ3v) is 3.75. The maximum atomic E-state index is 11.6. The second-order valence-electron chi connectivity index (χ2n) is 5.45. The molecule has 0 spiro atoms. The molecule has 0 radical (unpaired) electrons. The maximum absolute atomic E-state index is 11.6. The summed E-state index contributed by atoms with van der Waals surface area (Å²) >= 11 is 6.18. The molecule has 23 heavy (non-hydrogen) atoms. The van der Waals surface area contributed by atoms with Gasteiger partial charge in [-0.2, -0.15) is 4.98 Å². The molecular weight excluding hydrogens is 316 g/mol. The Labute approximate surface area is 139 Å². The molecule has 6 nitrogen and oxygen atoms in total. The molecule has 0 amide bonds. The molecule has 1 aliphatic carbocycles. The van der Waals surface area contributed by atoms with Crippen LogP contribution >= 0.6 is 11.6 Å². The number of nitrogens with zero attached hydrogens (tertiary/aromatic N) is 2. The van der Waals surface area contributed by atoms with Crippen molar-refractivity contribution in [3.8, 4) is 0 Å². The Morgan fingerprint density at radius 2 is 2.09 bits per heavy atom. The topological polar surface area (TPSA) is 76.1 Å². The Morgan fingerprint density at radius 3 is 2.78 bits per heavy atom. The highest BCUT2D eigenvalue weighted by atomic mass is 35.5. The largest absolute Gasteiger partial charge is 0.465 e. The van der Waals surface area contributed by atoms with E-state index in [0.29, 0.717) is 28.3 Å². The number of anilines is 3. The number of esters is 1. The van der Waals surface area contributed by atoms with E-state index in [-0.39, 0.29) is 0 Å². The molecule has 1 heterocycles. The van der Waals surface area contributed by atoms with Crippen LogP contribution in [0.25, 0.3) is 0 Å². The lowest BCUT2D eigenvalue weighted by molar-refractivity contribution is 0.0601. The molecule has 1 fully saturated rings. The molecule has 0 aliphatic heterocycles. The van der Waals surface area contributed by atoms with Crippen molar-refractivity contribution in [2.75, 3.05) is 17.7 Å². The number of rotatable bonds is 5. The summed E-state index contributed by atoms with van der Waals surface area (Å²) in [5, 5.41) is 6.87. The molecule has 1 aromatic carbocycles. The highest BCUT2D eigenvalue weighted by Crippen LogP contribution is 2.28. The van der Waals surface area contributed by atoms with Crippen LogP contribution in [0.1, 0.15) is 28.9 Å². The Kier molecular flexibility index (Phi) is 4.34. The fourth-order valence-corrected chi connectivity index (χ4v) is 2.29. The molecule has 2 N–H and O–H groups in total. The quantitative estimate of drug-likeness (QED) is 0.815. The number of benzene rings is 1. The van der Waals surface area contributed by atoms with Gasteiger partial charge in [0.2, 0.25) is 5.95 Å². The minimum atomic E-state index is -0.425. The minimum absolute atomic E-state index is 0.406. The van der Waals surface area contributed by atoms with Crippen LogP contribution in [0.3, 0.4) is 0 Å². The second-order valence-corrected chi connectivity index (χ2v) is 5.86. The Balaban J connectivity index is 1.85. The Bertz CT molecular complexity index is 747. The van der Waals surface area contributed by atoms with E-state index in [4.69, 9.17) is 16.3 Å². The standard InChI is InChI=1S/C16H17ClN4O2/c1-9-7-14(19-11-4-5-11)21-16(18-9)20-13-8-10(15(22)23-2)3-6-12(13)17/h3,6-8,11H,4-5H2,1-2H3,(H2,18,19,20,21). The SMILES string of the molecule is COC(=O)c1ccc(Cl)c(Nc2nc(C)cc(NC3CC3)n2)c1. The normalized spacial score (nSPS) is 13.5. The smallest absolute Gasteiger partial charge is 0.337 e. The van der Waals surface area contributed by atoms with Gasteiger partial charge in [0.05, 0.1) is 23.4 Å². The third kappa shape index (κ3) is 3.90. The van der Waals surface area contributed by atoms with E-state index in [0.717, 1.165) is 11.5 Å². The Morgan fingerprint density at radius 1 is 1.30 bits per heavy atom. The van der Waals surface area contributed by atoms with E-state index in [9.17, 15) is 4.79 Å². The first-order valence-electron chi connectivity index (χ1n) is 7.32. The number of carbonyl (C=O) groups excluding carboxylic acids is 1. The lowest BCUT2D eigenvalue weighted by Crippen LogP contribution is -2.07. The summed E-state index contributed by atoms with van der Waals surface area (Å²) in [7, 11) is 1.34. The van der Waals surface area contributed by atoms with Gasteiger partial charge < -0.3 is 15.4 Å². The zero-order valence-corrected chi connectivity index (χ0v) is 13.6. The maximum Gasteiger partial charge on any atom is 0.337 e. The monoisotopic (exact) mass is 332 g/mol. The summed E-state index contributed by atoms with van der Waals surface area (Å²) < 4.78 is 4.72. The van der Waals surface area contributed by atoms with Crippen molar-refractivity contribution in [1.29, 1.82) is 0 Å². The van der Waals surface area contributed by atoms with Crippen molar-refractivity contribution in [2.45, 2.75) is 25.8 Å². The fourth-order valence-electron chi connectivity index (χ4n) is 2.12. The van der Waals surface area contributed by atoms with E-state index >= 15 is 0 Å². The van der Waals surface area contributed by atoms with Gasteiger partial charge in [0, 0.05) is 17.8 Å². The van der Waals surface area contributed by atoms with Crippen molar-refractivity contribution in [2.24, 2.45) is 0 Å². The first kappa shape index (κ1) is 15.6. The summed E-state index contributed by atoms with van der Waals surface area (Å²) in [5.41, 5.74) is 1.80. The van der Waals surface area contributed by atoms with Crippen LogP contribution in [-0.4, -0.2) is 29.1 Å². The summed E-state index contributed by atoms with van der Waals surface area (Å²) in [6, 6.07) is 7.26. The number of carbonyl (C=O) groups is 1. The van der Waals surface area contributed by atoms with Gasteiger partial charge in [-0.1, -0.05) is 11.6 Å². The molecule has 0 atom stereocenters. The summed E-state index contributed by atoms with van der Waals surface area (Å²) in [4.78, 5) is 20.4. The molecule has 1 aliphatic rings. The van der Waals surface area contributed by atoms with E-state index < -0.39 is 5.97 Å². The number of methoxy groups -OCH3 is 1. The van der Waals surface area contributed by atoms with Gasteiger partial charge in [-0.15, -0.1) is 0 Å². The number of ether oxygens (including phenoxy) is 1. The highest BCUT2D eigenvalue weighted by Gasteiger charge is 2.21. The van der Waals surface area contributed by atoms with Gasteiger partial charge in [0.15, 0.2) is 0 Å². The number of nitrogens with one attached hydrogen (secondary N) is 2. The van der Waals surface area contributed by atoms with Crippen LogP contribution < -0.4 is 10.6 Å². The van der Waals surface area contributed by atoms with Crippen LogP contribution in [0.2, 0.25) is 5.02 Å². The molecule has 3 rings (SSSR count). The zero-order valence-electron chi connectivity index (χ0n) is 12.9. The molecule has 1 aromatic heterocycles. The van der Waals surface area contributed by atoms with E-state index in [1.807, 2.05) is 13.0 Å². The number of hydrogen-bond acceptors (Lipinski definition) is 6. The van der Waals surface area contributed by atoms with Crippen molar-refractivity contribution < 1.29 is 9.53 Å². The van der Waals surface area contributed by atoms with Crippen molar-refractivity contribution in [1.82, 2.24) is 9.97 Å². The zero-order chi connectivity index (χ0) is 16.4. The molecule has 0 bridgehead atoms. The molecule has 2 aromatic rings. The van der Waals surface area contributed by atoms with Gasteiger partial charge >= 0.3 is 5.97 Å². The third-order valence-electron chi connectivity index (χ3n) is 3.42. The summed E-state index contributed by atoms with van der Waals surface area (Å²) in [6.45, 7) is 1.90. The van der Waals surface area contributed by atoms with Crippen LogP contribution in [0.15, 0.2) is 24.3 Å². The van der Waals surface area contributed by atoms with Gasteiger partial charge in [0.25, 0.3) is 0 Å². The van der Waals surface area contributed by atoms with Gasteiger partial charge in [-0.25, -0.2) is 9.78 Å². The molecule has 0 unspecified atom stereocenters. The molecular formula is C16H17ClN4O2. The average molecular weight is 333 g/mol. The van der Waals surface area contributed by atoms with Crippen LogP contribution in [0, 0.1) is 6.92 Å². The molecule has 7 heteroatoms. The molecule has 0 saturated heterocycles. The minimum Gasteiger partial charge on any atom is -0.465 e. The number of aryl methyl sites for hydroxylation is 1. The van der Waals surface area contributed by atoms with Gasteiger partial charge in [0.1, 0.15) is 5.82 Å². The van der Waals surface area contributed by atoms with Crippen molar-refractivity contribution in [3.05, 3.63) is 40.5 Å². The predicted molar refractivity (Wildman–Crippen MR) is 89.5 cm³/mol. The van der Waals surface area contributed by atoms with Gasteiger partial charge in [-0.3, -0.25) is 0 Å². The van der Waals surface area contributed by atoms with Crippen molar-refractivity contribution in [3.63, 3.8) is 0 Å². The van der Waals surface area contributed by atoms with Gasteiger partial charge in [-0.05, 0) is 38.0 Å². The second kappa shape index (κ2) is 6.42. The molecule has 120 valence electrons. The van der Waals surface area contributed by atoms with E-state index in [1.165, 1.54) is 20.0 Å². The lowest BCUT2D eigenvalue weighted by Gasteiger charge is -2.11. The average Bonchev–Trinajstić information content (AvgIpc) is 3.32. The summed E-state index contributed by atoms with van der Waals surface area (Å²) in [6.07, 6.45) is 2.33. The first-order valence-corrected chi connectivity index (χ1v) is 7.70. The molecule has 1 saturated carbocycles. The van der Waals surface area contributed by atoms with Crippen LogP contribution in [-0.2, 0) is 4.74 Å². The van der Waals surface area contributed by atoms with Crippen LogP contribution in [0.5, 0.6) is 0 Å². The lowest BCUT2D eigenvalue weighted by atomic mass is 10.2. The summed E-state index contributed by atoms with van der Waals surface area (Å²) in [5.74, 6) is 0.783. The van der Waals surface area contributed by atoms with E-state index in [2.05, 4.69) is 20.6 Å².